The lowest BCUT2D eigenvalue weighted by Gasteiger charge is -2.11. The van der Waals surface area contributed by atoms with Crippen LogP contribution in [-0.4, -0.2) is 15.7 Å². The molecular formula is C20H13F8N3O. The lowest BCUT2D eigenvalue weighted by atomic mass is 10.1. The molecule has 0 atom stereocenters. The molecule has 4 nitrogen and oxygen atoms in total. The first-order valence-corrected chi connectivity index (χ1v) is 8.85. The lowest BCUT2D eigenvalue weighted by molar-refractivity contribution is -0.137. The van der Waals surface area contributed by atoms with Crippen LogP contribution < -0.4 is 5.32 Å². The Bertz CT molecular complexity index is 1190. The van der Waals surface area contributed by atoms with E-state index in [2.05, 4.69) is 10.4 Å². The summed E-state index contributed by atoms with van der Waals surface area (Å²) in [6, 6.07) is 3.62. The van der Waals surface area contributed by atoms with Gasteiger partial charge in [0.25, 0.3) is 5.91 Å². The summed E-state index contributed by atoms with van der Waals surface area (Å²) in [6.07, 6.45) is -4.67. The van der Waals surface area contributed by atoms with Gasteiger partial charge in [-0.3, -0.25) is 9.48 Å². The third-order valence-electron chi connectivity index (χ3n) is 4.68. The van der Waals surface area contributed by atoms with Crippen molar-refractivity contribution in [2.75, 3.05) is 5.32 Å². The van der Waals surface area contributed by atoms with Crippen LogP contribution in [0.15, 0.2) is 24.3 Å². The Morgan fingerprint density at radius 1 is 0.969 bits per heavy atom. The minimum Gasteiger partial charge on any atom is -0.319 e. The highest BCUT2D eigenvalue weighted by Gasteiger charge is 2.31. The quantitative estimate of drug-likeness (QED) is 0.315. The van der Waals surface area contributed by atoms with Gasteiger partial charge in [-0.05, 0) is 32.0 Å². The summed E-state index contributed by atoms with van der Waals surface area (Å²) in [4.78, 5) is 12.4. The Labute approximate surface area is 175 Å². The molecule has 0 aliphatic heterocycles. The van der Waals surface area contributed by atoms with E-state index in [0.29, 0.717) is 6.07 Å². The van der Waals surface area contributed by atoms with Crippen molar-refractivity contribution in [2.45, 2.75) is 26.6 Å². The average Bonchev–Trinajstić information content (AvgIpc) is 3.00. The molecule has 12 heteroatoms. The number of hydrogen-bond acceptors (Lipinski definition) is 2. The van der Waals surface area contributed by atoms with Crippen LogP contribution in [0, 0.1) is 42.9 Å². The minimum atomic E-state index is -4.67. The number of alkyl halides is 3. The van der Waals surface area contributed by atoms with Crippen LogP contribution in [0.5, 0.6) is 0 Å². The summed E-state index contributed by atoms with van der Waals surface area (Å²) >= 11 is 0. The Kier molecular flexibility index (Phi) is 5.98. The average molecular weight is 463 g/mol. The van der Waals surface area contributed by atoms with E-state index in [1.165, 1.54) is 13.8 Å². The number of amides is 1. The van der Waals surface area contributed by atoms with E-state index >= 15 is 0 Å². The second-order valence-electron chi connectivity index (χ2n) is 6.78. The number of aromatic nitrogens is 2. The molecule has 2 aromatic carbocycles. The number of hydrogen-bond donors (Lipinski definition) is 1. The number of halogens is 8. The molecule has 1 N–H and O–H groups in total. The van der Waals surface area contributed by atoms with Crippen LogP contribution in [0.3, 0.4) is 0 Å². The molecule has 3 aromatic rings. The molecule has 32 heavy (non-hydrogen) atoms. The fraction of sp³-hybridized carbons (Fsp3) is 0.200. The molecule has 3 rings (SSSR count). The Morgan fingerprint density at radius 2 is 1.53 bits per heavy atom. The number of aryl methyl sites for hydroxylation is 1. The molecule has 0 spiro atoms. The van der Waals surface area contributed by atoms with Crippen molar-refractivity contribution in [1.82, 2.24) is 9.78 Å². The summed E-state index contributed by atoms with van der Waals surface area (Å²) in [6.45, 7) is 1.87. The maximum Gasteiger partial charge on any atom is 0.416 e. The van der Waals surface area contributed by atoms with Crippen LogP contribution in [0.4, 0.5) is 40.8 Å². The standard InChI is InChI=1S/C20H13F8N3O/c1-8-18(29-19(32)10-4-3-5-11(6-10)20(26,27)28)9(2)31(30-8)7-12-13(21)15(23)17(25)16(24)14(12)22/h3-6H,7H2,1-2H3,(H,29,32). The van der Waals surface area contributed by atoms with Crippen molar-refractivity contribution in [2.24, 2.45) is 0 Å². The highest BCUT2D eigenvalue weighted by molar-refractivity contribution is 6.05. The maximum absolute atomic E-state index is 14.0. The third kappa shape index (κ3) is 4.16. The van der Waals surface area contributed by atoms with Gasteiger partial charge in [0.05, 0.1) is 34.7 Å². The summed E-state index contributed by atoms with van der Waals surface area (Å²) < 4.78 is 108. The van der Waals surface area contributed by atoms with Crippen LogP contribution in [-0.2, 0) is 12.7 Å². The molecule has 1 aromatic heterocycles. The zero-order valence-corrected chi connectivity index (χ0v) is 16.3. The van der Waals surface area contributed by atoms with Gasteiger partial charge in [-0.1, -0.05) is 6.07 Å². The first-order valence-electron chi connectivity index (χ1n) is 8.85. The number of carbonyl (C=O) groups excluding carboxylic acids is 1. The molecule has 170 valence electrons. The van der Waals surface area contributed by atoms with E-state index in [9.17, 15) is 39.9 Å². The number of benzene rings is 2. The van der Waals surface area contributed by atoms with E-state index in [1.54, 1.807) is 0 Å². The zero-order chi connectivity index (χ0) is 24.0. The molecule has 0 bridgehead atoms. The molecule has 0 aliphatic rings. The molecule has 0 fully saturated rings. The highest BCUT2D eigenvalue weighted by Crippen LogP contribution is 2.30. The molecule has 1 heterocycles. The van der Waals surface area contributed by atoms with Crippen molar-refractivity contribution in [3.8, 4) is 0 Å². The van der Waals surface area contributed by atoms with Gasteiger partial charge in [0.15, 0.2) is 23.3 Å². The Hall–Kier alpha value is -3.44. The topological polar surface area (TPSA) is 46.9 Å². The van der Waals surface area contributed by atoms with E-state index in [1.807, 2.05) is 0 Å². The van der Waals surface area contributed by atoms with E-state index < -0.39 is 58.8 Å². The van der Waals surface area contributed by atoms with Gasteiger partial charge >= 0.3 is 6.18 Å². The van der Waals surface area contributed by atoms with Crippen molar-refractivity contribution in [3.63, 3.8) is 0 Å². The monoisotopic (exact) mass is 463 g/mol. The van der Waals surface area contributed by atoms with Crippen molar-refractivity contribution in [1.29, 1.82) is 0 Å². The predicted molar refractivity (Wildman–Crippen MR) is 96.4 cm³/mol. The molecule has 0 aliphatic carbocycles. The predicted octanol–water partition coefficient (Wildman–Crippen LogP) is 5.51. The number of carbonyl (C=O) groups is 1. The van der Waals surface area contributed by atoms with Gasteiger partial charge in [-0.15, -0.1) is 0 Å². The van der Waals surface area contributed by atoms with E-state index in [-0.39, 0.29) is 22.6 Å². The van der Waals surface area contributed by atoms with Gasteiger partial charge < -0.3 is 5.32 Å². The molecule has 0 unspecified atom stereocenters. The van der Waals surface area contributed by atoms with Crippen molar-refractivity contribution < 1.29 is 39.9 Å². The highest BCUT2D eigenvalue weighted by atomic mass is 19.4. The van der Waals surface area contributed by atoms with Crippen molar-refractivity contribution in [3.05, 3.63) is 81.4 Å². The normalized spacial score (nSPS) is 11.7. The summed E-state index contributed by atoms with van der Waals surface area (Å²) in [7, 11) is 0. The van der Waals surface area contributed by atoms with Gasteiger partial charge in [-0.25, -0.2) is 22.0 Å². The summed E-state index contributed by atoms with van der Waals surface area (Å²) in [5.74, 6) is -11.5. The minimum absolute atomic E-state index is 0.0104. The number of nitrogens with one attached hydrogen (secondary N) is 1. The Morgan fingerprint density at radius 3 is 2.09 bits per heavy atom. The molecule has 0 radical (unpaired) electrons. The van der Waals surface area contributed by atoms with E-state index in [0.717, 1.165) is 22.9 Å². The molecule has 0 saturated carbocycles. The number of anilines is 1. The second-order valence-corrected chi connectivity index (χ2v) is 6.78. The summed E-state index contributed by atoms with van der Waals surface area (Å²) in [5.41, 5.74) is -2.30. The van der Waals surface area contributed by atoms with Crippen molar-refractivity contribution >= 4 is 11.6 Å². The van der Waals surface area contributed by atoms with Crippen LogP contribution in [0.2, 0.25) is 0 Å². The zero-order valence-electron chi connectivity index (χ0n) is 16.3. The molecular weight excluding hydrogens is 450 g/mol. The van der Waals surface area contributed by atoms with Gasteiger partial charge in [0.2, 0.25) is 5.82 Å². The van der Waals surface area contributed by atoms with Crippen LogP contribution in [0.1, 0.15) is 32.9 Å². The second kappa shape index (κ2) is 8.24. The largest absolute Gasteiger partial charge is 0.416 e. The van der Waals surface area contributed by atoms with Gasteiger partial charge in [-0.2, -0.15) is 18.3 Å². The molecule has 0 saturated heterocycles. The third-order valence-corrected chi connectivity index (χ3v) is 4.68. The Balaban J connectivity index is 1.92. The molecule has 1 amide bonds. The number of nitrogens with zero attached hydrogens (tertiary/aromatic N) is 2. The SMILES string of the molecule is Cc1nn(Cc2c(F)c(F)c(F)c(F)c2F)c(C)c1NC(=O)c1cccc(C(F)(F)F)c1. The first-order chi connectivity index (χ1) is 14.8. The summed E-state index contributed by atoms with van der Waals surface area (Å²) in [5, 5.41) is 6.28. The fourth-order valence-electron chi connectivity index (χ4n) is 2.99. The first kappa shape index (κ1) is 23.2. The maximum atomic E-state index is 14.0. The van der Waals surface area contributed by atoms with E-state index in [4.69, 9.17) is 0 Å². The van der Waals surface area contributed by atoms with Crippen LogP contribution in [0.25, 0.3) is 0 Å². The lowest BCUT2D eigenvalue weighted by Crippen LogP contribution is -2.15. The van der Waals surface area contributed by atoms with Gasteiger partial charge in [0, 0.05) is 5.56 Å². The van der Waals surface area contributed by atoms with Crippen LogP contribution >= 0.6 is 0 Å². The fourth-order valence-corrected chi connectivity index (χ4v) is 2.99. The number of rotatable bonds is 4. The smallest absolute Gasteiger partial charge is 0.319 e. The van der Waals surface area contributed by atoms with Gasteiger partial charge in [0.1, 0.15) is 0 Å².